The lowest BCUT2D eigenvalue weighted by molar-refractivity contribution is 0.182. The number of benzene rings is 1. The van der Waals surface area contributed by atoms with E-state index < -0.39 is 9.90 Å². The lowest BCUT2D eigenvalue weighted by atomic mass is 10.1. The number of halogens is 4. The van der Waals surface area contributed by atoms with Crippen molar-refractivity contribution in [3.63, 3.8) is 0 Å². The topological polar surface area (TPSA) is 20.2 Å². The van der Waals surface area contributed by atoms with Crippen LogP contribution < -0.4 is 0 Å². The summed E-state index contributed by atoms with van der Waals surface area (Å²) < 4.78 is -1.73. The second-order valence-electron chi connectivity index (χ2n) is 2.50. The van der Waals surface area contributed by atoms with Gasteiger partial charge in [0.25, 0.3) is 0 Å². The average molecular weight is 260 g/mol. The number of rotatable bonds is 1. The zero-order valence-electron chi connectivity index (χ0n) is 6.35. The third-order valence-electron chi connectivity index (χ3n) is 1.47. The predicted molar refractivity (Wildman–Crippen MR) is 56.7 cm³/mol. The van der Waals surface area contributed by atoms with Crippen molar-refractivity contribution in [3.8, 4) is 0 Å². The summed E-state index contributed by atoms with van der Waals surface area (Å²) in [5, 5.41) is 10.0. The standard InChI is InChI=1S/C8H6Cl4O/c9-6-3-1-2-5(4-6)7(13)8(10,11)12/h1-4,7,13H/t7-/m1/s1. The Morgan fingerprint density at radius 2 is 1.85 bits per heavy atom. The maximum atomic E-state index is 9.53. The van der Waals surface area contributed by atoms with Crippen molar-refractivity contribution in [3.05, 3.63) is 34.9 Å². The number of aliphatic hydroxyl groups excluding tert-OH is 1. The summed E-state index contributed by atoms with van der Waals surface area (Å²) in [5.74, 6) is 0. The fourth-order valence-electron chi connectivity index (χ4n) is 0.866. The minimum Gasteiger partial charge on any atom is -0.384 e. The quantitative estimate of drug-likeness (QED) is 0.762. The Hall–Kier alpha value is 0.340. The van der Waals surface area contributed by atoms with Crippen molar-refractivity contribution in [2.45, 2.75) is 9.90 Å². The van der Waals surface area contributed by atoms with E-state index in [0.717, 1.165) is 0 Å². The molecule has 0 aromatic heterocycles. The Bertz CT molecular complexity index is 294. The zero-order chi connectivity index (χ0) is 10.1. The minimum atomic E-state index is -1.73. The van der Waals surface area contributed by atoms with Crippen LogP contribution in [0.1, 0.15) is 11.7 Å². The van der Waals surface area contributed by atoms with Crippen molar-refractivity contribution < 1.29 is 5.11 Å². The van der Waals surface area contributed by atoms with E-state index in [-0.39, 0.29) is 0 Å². The molecule has 1 rings (SSSR count). The lowest BCUT2D eigenvalue weighted by Gasteiger charge is -2.19. The smallest absolute Gasteiger partial charge is 0.220 e. The first-order valence-electron chi connectivity index (χ1n) is 3.41. The van der Waals surface area contributed by atoms with E-state index in [4.69, 9.17) is 46.4 Å². The van der Waals surface area contributed by atoms with Crippen LogP contribution in [0.4, 0.5) is 0 Å². The highest BCUT2D eigenvalue weighted by molar-refractivity contribution is 6.68. The molecule has 0 unspecified atom stereocenters. The molecule has 1 aromatic carbocycles. The van der Waals surface area contributed by atoms with Crippen molar-refractivity contribution in [1.29, 1.82) is 0 Å². The van der Waals surface area contributed by atoms with Crippen LogP contribution >= 0.6 is 46.4 Å². The predicted octanol–water partition coefficient (Wildman–Crippen LogP) is 3.74. The van der Waals surface area contributed by atoms with Gasteiger partial charge in [0.15, 0.2) is 0 Å². The molecule has 1 N–H and O–H groups in total. The van der Waals surface area contributed by atoms with Gasteiger partial charge < -0.3 is 5.11 Å². The van der Waals surface area contributed by atoms with Crippen LogP contribution in [0, 0.1) is 0 Å². The molecule has 0 aliphatic carbocycles. The maximum absolute atomic E-state index is 9.53. The molecule has 0 radical (unpaired) electrons. The molecule has 13 heavy (non-hydrogen) atoms. The Morgan fingerprint density at radius 1 is 1.23 bits per heavy atom. The third kappa shape index (κ3) is 3.19. The van der Waals surface area contributed by atoms with Gasteiger partial charge in [-0.15, -0.1) is 0 Å². The Morgan fingerprint density at radius 3 is 2.31 bits per heavy atom. The van der Waals surface area contributed by atoms with E-state index in [1.165, 1.54) is 0 Å². The van der Waals surface area contributed by atoms with E-state index in [0.29, 0.717) is 10.6 Å². The summed E-state index contributed by atoms with van der Waals surface area (Å²) in [6.07, 6.45) is -1.17. The molecule has 5 heteroatoms. The molecule has 0 amide bonds. The minimum absolute atomic E-state index is 0.479. The van der Waals surface area contributed by atoms with Crippen molar-refractivity contribution in [1.82, 2.24) is 0 Å². The molecule has 0 aliphatic heterocycles. The van der Waals surface area contributed by atoms with Gasteiger partial charge in [-0.05, 0) is 17.7 Å². The number of alkyl halides is 3. The highest BCUT2D eigenvalue weighted by Crippen LogP contribution is 2.39. The molecule has 1 nitrogen and oxygen atoms in total. The van der Waals surface area contributed by atoms with Gasteiger partial charge in [0.2, 0.25) is 3.79 Å². The van der Waals surface area contributed by atoms with Crippen LogP contribution in [0.3, 0.4) is 0 Å². The Kier molecular flexibility index (Phi) is 3.73. The van der Waals surface area contributed by atoms with E-state index >= 15 is 0 Å². The second-order valence-corrected chi connectivity index (χ2v) is 5.30. The van der Waals surface area contributed by atoms with E-state index in [2.05, 4.69) is 0 Å². The molecular weight excluding hydrogens is 254 g/mol. The second kappa shape index (κ2) is 4.24. The molecule has 1 aromatic rings. The largest absolute Gasteiger partial charge is 0.384 e. The van der Waals surface area contributed by atoms with Gasteiger partial charge in [-0.2, -0.15) is 0 Å². The van der Waals surface area contributed by atoms with E-state index in [1.807, 2.05) is 0 Å². The van der Waals surface area contributed by atoms with Gasteiger partial charge in [0.1, 0.15) is 6.10 Å². The lowest BCUT2D eigenvalue weighted by Crippen LogP contribution is -2.16. The van der Waals surface area contributed by atoms with Crippen molar-refractivity contribution in [2.24, 2.45) is 0 Å². The van der Waals surface area contributed by atoms with Crippen LogP contribution in [-0.2, 0) is 0 Å². The highest BCUT2D eigenvalue weighted by atomic mass is 35.6. The van der Waals surface area contributed by atoms with Crippen LogP contribution in [-0.4, -0.2) is 8.90 Å². The number of aliphatic hydroxyl groups is 1. The fraction of sp³-hybridized carbons (Fsp3) is 0.250. The maximum Gasteiger partial charge on any atom is 0.220 e. The van der Waals surface area contributed by atoms with Gasteiger partial charge in [0.05, 0.1) is 0 Å². The van der Waals surface area contributed by atoms with Crippen molar-refractivity contribution in [2.75, 3.05) is 0 Å². The Balaban J connectivity index is 2.96. The zero-order valence-corrected chi connectivity index (χ0v) is 9.37. The summed E-state index contributed by atoms with van der Waals surface area (Å²) in [5.41, 5.74) is 0.479. The first-order valence-corrected chi connectivity index (χ1v) is 4.92. The molecule has 0 heterocycles. The molecule has 0 fully saturated rings. The van der Waals surface area contributed by atoms with Gasteiger partial charge in [-0.1, -0.05) is 58.5 Å². The van der Waals surface area contributed by atoms with Gasteiger partial charge in [0, 0.05) is 5.02 Å². The molecule has 0 spiro atoms. The Labute approximate surface area is 96.2 Å². The van der Waals surface area contributed by atoms with Crippen molar-refractivity contribution >= 4 is 46.4 Å². The summed E-state index contributed by atoms with van der Waals surface area (Å²) >= 11 is 22.2. The number of hydrogen-bond donors (Lipinski definition) is 1. The van der Waals surface area contributed by atoms with Crippen LogP contribution in [0.15, 0.2) is 24.3 Å². The van der Waals surface area contributed by atoms with E-state index in [1.54, 1.807) is 24.3 Å². The molecule has 0 bridgehead atoms. The van der Waals surface area contributed by atoms with Gasteiger partial charge in [-0.3, -0.25) is 0 Å². The summed E-state index contributed by atoms with van der Waals surface area (Å²) in [6.45, 7) is 0. The molecule has 0 saturated carbocycles. The summed E-state index contributed by atoms with van der Waals surface area (Å²) in [7, 11) is 0. The SMILES string of the molecule is O[C@H](c1cccc(Cl)c1)C(Cl)(Cl)Cl. The van der Waals surface area contributed by atoms with Gasteiger partial charge >= 0.3 is 0 Å². The third-order valence-corrected chi connectivity index (χ3v) is 2.33. The summed E-state index contributed by atoms with van der Waals surface area (Å²) in [4.78, 5) is 0. The summed E-state index contributed by atoms with van der Waals surface area (Å²) in [6, 6.07) is 6.54. The van der Waals surface area contributed by atoms with Crippen LogP contribution in [0.25, 0.3) is 0 Å². The normalized spacial score (nSPS) is 14.2. The van der Waals surface area contributed by atoms with Gasteiger partial charge in [-0.25, -0.2) is 0 Å². The molecular formula is C8H6Cl4O. The van der Waals surface area contributed by atoms with E-state index in [9.17, 15) is 5.11 Å². The molecule has 0 saturated heterocycles. The molecule has 72 valence electrons. The van der Waals surface area contributed by atoms with Crippen LogP contribution in [0.2, 0.25) is 5.02 Å². The molecule has 0 aliphatic rings. The number of hydrogen-bond acceptors (Lipinski definition) is 1. The first kappa shape index (κ1) is 11.4. The highest BCUT2D eigenvalue weighted by Gasteiger charge is 2.31. The molecule has 1 atom stereocenters. The monoisotopic (exact) mass is 258 g/mol. The van der Waals surface area contributed by atoms with Crippen LogP contribution in [0.5, 0.6) is 0 Å². The average Bonchev–Trinajstić information content (AvgIpc) is 2.01. The first-order chi connectivity index (χ1) is 5.91. The fourth-order valence-corrected chi connectivity index (χ4v) is 1.44.